The van der Waals surface area contributed by atoms with E-state index in [9.17, 15) is 8.42 Å². The summed E-state index contributed by atoms with van der Waals surface area (Å²) in [5.74, 6) is 2.92. The highest BCUT2D eigenvalue weighted by Crippen LogP contribution is 2.22. The molecule has 0 aromatic heterocycles. The molecule has 3 aromatic rings. The van der Waals surface area contributed by atoms with Gasteiger partial charge in [-0.25, -0.2) is 8.42 Å². The minimum atomic E-state index is -3.76. The van der Waals surface area contributed by atoms with E-state index in [1.54, 1.807) is 54.6 Å². The van der Waals surface area contributed by atoms with Crippen molar-refractivity contribution in [2.75, 3.05) is 4.31 Å². The van der Waals surface area contributed by atoms with Gasteiger partial charge in [0, 0.05) is 11.6 Å². The quantitative estimate of drug-likeness (QED) is 0.539. The Morgan fingerprint density at radius 1 is 0.667 bits per heavy atom. The number of nitrogens with zero attached hydrogens (tertiary/aromatic N) is 1. The molecule has 0 radical (unpaired) electrons. The lowest BCUT2D eigenvalue weighted by atomic mass is 10.2. The molecule has 0 bridgehead atoms. The Kier molecular flexibility index (Phi) is 4.64. The van der Waals surface area contributed by atoms with E-state index >= 15 is 0 Å². The number of para-hydroxylation sites is 1. The highest BCUT2D eigenvalue weighted by molar-refractivity contribution is 7.93. The van der Waals surface area contributed by atoms with Crippen molar-refractivity contribution in [3.8, 4) is 12.0 Å². The van der Waals surface area contributed by atoms with E-state index in [-0.39, 0.29) is 4.90 Å². The van der Waals surface area contributed by atoms with Crippen molar-refractivity contribution >= 4 is 15.7 Å². The molecule has 0 aliphatic rings. The molecule has 4 heteroatoms. The minimum Gasteiger partial charge on any atom is -0.200 e. The molecule has 0 spiro atoms. The van der Waals surface area contributed by atoms with Crippen molar-refractivity contribution in [2.45, 2.75) is 4.90 Å². The zero-order chi connectivity index (χ0) is 16.8. The van der Waals surface area contributed by atoms with Crippen molar-refractivity contribution in [1.29, 1.82) is 0 Å². The summed E-state index contributed by atoms with van der Waals surface area (Å²) in [4.78, 5) is 0.205. The van der Waals surface area contributed by atoms with E-state index in [2.05, 4.69) is 12.0 Å². The van der Waals surface area contributed by atoms with E-state index in [0.29, 0.717) is 5.69 Å². The van der Waals surface area contributed by atoms with Crippen molar-refractivity contribution < 1.29 is 8.42 Å². The number of rotatable bonds is 3. The van der Waals surface area contributed by atoms with Crippen LogP contribution in [0.2, 0.25) is 0 Å². The average Bonchev–Trinajstić information content (AvgIpc) is 2.64. The number of hydrogen-bond acceptors (Lipinski definition) is 2. The second kappa shape index (κ2) is 7.03. The van der Waals surface area contributed by atoms with Crippen LogP contribution >= 0.6 is 0 Å². The molecule has 3 nitrogen and oxygen atoms in total. The van der Waals surface area contributed by atoms with Gasteiger partial charge in [0.25, 0.3) is 10.0 Å². The fourth-order valence-electron chi connectivity index (χ4n) is 2.16. The largest absolute Gasteiger partial charge is 0.275 e. The van der Waals surface area contributed by atoms with Crippen molar-refractivity contribution in [2.24, 2.45) is 0 Å². The molecule has 0 atom stereocenters. The van der Waals surface area contributed by atoms with Gasteiger partial charge in [0.15, 0.2) is 0 Å². The van der Waals surface area contributed by atoms with Crippen LogP contribution in [0, 0.1) is 12.0 Å². The SMILES string of the molecule is O=S(=O)(c1ccccc1)N(C#Cc1ccccc1)c1ccccc1. The van der Waals surface area contributed by atoms with Crippen molar-refractivity contribution in [1.82, 2.24) is 0 Å². The molecule has 3 rings (SSSR count). The van der Waals surface area contributed by atoms with E-state index < -0.39 is 10.0 Å². The molecule has 118 valence electrons. The second-order valence-electron chi connectivity index (χ2n) is 5.02. The first kappa shape index (κ1) is 15.9. The molecule has 0 aliphatic carbocycles. The van der Waals surface area contributed by atoms with Crippen LogP contribution in [-0.2, 0) is 10.0 Å². The van der Waals surface area contributed by atoms with Crippen LogP contribution in [-0.4, -0.2) is 8.42 Å². The van der Waals surface area contributed by atoms with Crippen LogP contribution in [0.5, 0.6) is 0 Å². The molecule has 0 unspecified atom stereocenters. The third-order valence-electron chi connectivity index (χ3n) is 3.35. The molecule has 24 heavy (non-hydrogen) atoms. The first-order valence-corrected chi connectivity index (χ1v) is 8.84. The fraction of sp³-hybridized carbons (Fsp3) is 0. The monoisotopic (exact) mass is 333 g/mol. The van der Waals surface area contributed by atoms with Gasteiger partial charge in [-0.3, -0.25) is 0 Å². The van der Waals surface area contributed by atoms with Gasteiger partial charge in [0.2, 0.25) is 0 Å². The Morgan fingerprint density at radius 3 is 1.75 bits per heavy atom. The summed E-state index contributed by atoms with van der Waals surface area (Å²) in [6, 6.07) is 29.2. The summed E-state index contributed by atoms with van der Waals surface area (Å²) in [5.41, 5.74) is 1.26. The van der Waals surface area contributed by atoms with E-state index in [1.165, 1.54) is 0 Å². The van der Waals surface area contributed by atoms with Gasteiger partial charge in [-0.1, -0.05) is 54.6 Å². The molecule has 3 aromatic carbocycles. The summed E-state index contributed by atoms with van der Waals surface area (Å²) >= 11 is 0. The first-order chi connectivity index (χ1) is 11.7. The maximum absolute atomic E-state index is 13.0. The molecular weight excluding hydrogens is 318 g/mol. The van der Waals surface area contributed by atoms with Gasteiger partial charge in [-0.2, -0.15) is 4.31 Å². The van der Waals surface area contributed by atoms with Crippen LogP contribution in [0.25, 0.3) is 0 Å². The van der Waals surface area contributed by atoms with Gasteiger partial charge >= 0.3 is 0 Å². The first-order valence-electron chi connectivity index (χ1n) is 7.40. The van der Waals surface area contributed by atoms with Crippen molar-refractivity contribution in [3.05, 3.63) is 96.6 Å². The van der Waals surface area contributed by atoms with Crippen LogP contribution < -0.4 is 4.31 Å². The van der Waals surface area contributed by atoms with Crippen LogP contribution in [0.1, 0.15) is 5.56 Å². The average molecular weight is 333 g/mol. The summed E-state index contributed by atoms with van der Waals surface area (Å²) < 4.78 is 27.1. The summed E-state index contributed by atoms with van der Waals surface area (Å²) in [5, 5.41) is 0. The van der Waals surface area contributed by atoms with Crippen LogP contribution in [0.3, 0.4) is 0 Å². The second-order valence-corrected chi connectivity index (χ2v) is 6.81. The topological polar surface area (TPSA) is 37.4 Å². The van der Waals surface area contributed by atoms with Gasteiger partial charge in [-0.05, 0) is 42.3 Å². The van der Waals surface area contributed by atoms with Gasteiger partial charge in [0.1, 0.15) is 0 Å². The van der Waals surface area contributed by atoms with Gasteiger partial charge < -0.3 is 0 Å². The van der Waals surface area contributed by atoms with E-state index in [0.717, 1.165) is 9.87 Å². The number of sulfonamides is 1. The molecule has 0 fully saturated rings. The smallest absolute Gasteiger partial charge is 0.200 e. The number of benzene rings is 3. The van der Waals surface area contributed by atoms with E-state index in [4.69, 9.17) is 0 Å². The van der Waals surface area contributed by atoms with Crippen LogP contribution in [0.4, 0.5) is 5.69 Å². The molecule has 0 amide bonds. The Hall–Kier alpha value is -3.03. The molecular formula is C20H15NO2S. The lowest BCUT2D eigenvalue weighted by Gasteiger charge is -2.17. The minimum absolute atomic E-state index is 0.205. The van der Waals surface area contributed by atoms with Gasteiger partial charge in [0.05, 0.1) is 10.6 Å². The fourth-order valence-corrected chi connectivity index (χ4v) is 3.44. The lowest BCUT2D eigenvalue weighted by molar-refractivity contribution is 0.596. The Bertz CT molecular complexity index is 958. The standard InChI is InChI=1S/C20H15NO2S/c22-24(23,20-14-8-3-9-15-20)21(19-12-6-2-7-13-19)17-16-18-10-4-1-5-11-18/h1-15H. The maximum atomic E-state index is 13.0. The predicted octanol–water partition coefficient (Wildman–Crippen LogP) is 3.89. The third-order valence-corrected chi connectivity index (χ3v) is 5.00. The van der Waals surface area contributed by atoms with Crippen molar-refractivity contribution in [3.63, 3.8) is 0 Å². The molecule has 0 saturated heterocycles. The van der Waals surface area contributed by atoms with Crippen LogP contribution in [0.15, 0.2) is 95.9 Å². The summed E-state index contributed by atoms with van der Waals surface area (Å²) in [6.45, 7) is 0. The Labute approximate surface area is 142 Å². The summed E-state index contributed by atoms with van der Waals surface area (Å²) in [7, 11) is -3.76. The predicted molar refractivity (Wildman–Crippen MR) is 95.9 cm³/mol. The molecule has 0 saturated carbocycles. The maximum Gasteiger partial charge on any atom is 0.275 e. The third kappa shape index (κ3) is 3.48. The highest BCUT2D eigenvalue weighted by Gasteiger charge is 2.23. The summed E-state index contributed by atoms with van der Waals surface area (Å²) in [6.07, 6.45) is 0. The molecule has 0 N–H and O–H groups in total. The normalized spacial score (nSPS) is 10.5. The number of anilines is 1. The Balaban J connectivity index is 2.09. The highest BCUT2D eigenvalue weighted by atomic mass is 32.2. The zero-order valence-electron chi connectivity index (χ0n) is 12.8. The zero-order valence-corrected chi connectivity index (χ0v) is 13.6. The Morgan fingerprint density at radius 2 is 1.17 bits per heavy atom. The van der Waals surface area contributed by atoms with E-state index in [1.807, 2.05) is 36.4 Å². The lowest BCUT2D eigenvalue weighted by Crippen LogP contribution is -2.26. The van der Waals surface area contributed by atoms with Gasteiger partial charge in [-0.15, -0.1) is 0 Å². The molecule has 0 aliphatic heterocycles. The molecule has 0 heterocycles. The number of hydrogen-bond donors (Lipinski definition) is 0.